The average molecular weight is 242 g/mol. The molecule has 0 N–H and O–H groups in total. The van der Waals surface area contributed by atoms with E-state index in [-0.39, 0.29) is 0 Å². The van der Waals surface area contributed by atoms with Gasteiger partial charge in [0.15, 0.2) is 0 Å². The van der Waals surface area contributed by atoms with Crippen molar-refractivity contribution in [2.24, 2.45) is 0 Å². The number of hydrogen-bond donors (Lipinski definition) is 0. The lowest BCUT2D eigenvalue weighted by molar-refractivity contribution is 0.116. The maximum absolute atomic E-state index is 5.69. The van der Waals surface area contributed by atoms with Crippen LogP contribution in [0.15, 0.2) is 18.3 Å². The molecule has 0 aliphatic carbocycles. The van der Waals surface area contributed by atoms with E-state index in [4.69, 9.17) is 16.3 Å². The fourth-order valence-corrected chi connectivity index (χ4v) is 1.60. The Balaban J connectivity index is 2.01. The number of ether oxygens (including phenoxy) is 1. The third kappa shape index (κ3) is 6.09. The van der Waals surface area contributed by atoms with Crippen molar-refractivity contribution in [1.29, 1.82) is 0 Å². The van der Waals surface area contributed by atoms with Crippen LogP contribution in [-0.2, 0) is 11.3 Å². The van der Waals surface area contributed by atoms with Gasteiger partial charge in [-0.2, -0.15) is 0 Å². The first-order chi connectivity index (χ1) is 7.83. The second-order valence-electron chi connectivity index (χ2n) is 3.96. The van der Waals surface area contributed by atoms with Crippen molar-refractivity contribution < 1.29 is 4.74 Å². The summed E-state index contributed by atoms with van der Waals surface area (Å²) in [5.41, 5.74) is 1.08. The van der Waals surface area contributed by atoms with Crippen LogP contribution in [0.2, 0.25) is 5.15 Å². The summed E-state index contributed by atoms with van der Waals surface area (Å²) >= 11 is 5.69. The van der Waals surface area contributed by atoms with Crippen molar-refractivity contribution in [3.05, 3.63) is 29.0 Å². The molecule has 0 bridgehead atoms. The molecule has 3 heteroatoms. The number of halogens is 1. The number of pyridine rings is 1. The fraction of sp³-hybridized carbons (Fsp3) is 0.615. The molecule has 0 saturated carbocycles. The first kappa shape index (κ1) is 13.5. The van der Waals surface area contributed by atoms with Crippen LogP contribution in [0.1, 0.15) is 44.6 Å². The SMILES string of the molecule is CCCCCCCOCc1ccc(Cl)nc1. The molecule has 0 spiro atoms. The van der Waals surface area contributed by atoms with Crippen molar-refractivity contribution in [3.63, 3.8) is 0 Å². The first-order valence-electron chi connectivity index (χ1n) is 6.01. The number of hydrogen-bond acceptors (Lipinski definition) is 2. The van der Waals surface area contributed by atoms with Gasteiger partial charge in [-0.05, 0) is 18.1 Å². The van der Waals surface area contributed by atoms with Crippen LogP contribution in [-0.4, -0.2) is 11.6 Å². The van der Waals surface area contributed by atoms with E-state index < -0.39 is 0 Å². The zero-order chi connectivity index (χ0) is 11.6. The molecule has 0 aliphatic rings. The zero-order valence-corrected chi connectivity index (χ0v) is 10.7. The normalized spacial score (nSPS) is 10.6. The Bertz CT molecular complexity index is 274. The Kier molecular flexibility index (Phi) is 7.19. The quantitative estimate of drug-likeness (QED) is 0.502. The third-order valence-corrected chi connectivity index (χ3v) is 2.67. The van der Waals surface area contributed by atoms with Crippen LogP contribution < -0.4 is 0 Å². The Labute approximate surface area is 103 Å². The highest BCUT2D eigenvalue weighted by Gasteiger charge is 1.95. The minimum Gasteiger partial charge on any atom is -0.377 e. The van der Waals surface area contributed by atoms with E-state index in [9.17, 15) is 0 Å². The third-order valence-electron chi connectivity index (χ3n) is 2.45. The Morgan fingerprint density at radius 2 is 2.00 bits per heavy atom. The topological polar surface area (TPSA) is 22.1 Å². The molecule has 1 rings (SSSR count). The summed E-state index contributed by atoms with van der Waals surface area (Å²) in [5.74, 6) is 0. The number of unbranched alkanes of at least 4 members (excludes halogenated alkanes) is 4. The molecule has 0 aromatic carbocycles. The zero-order valence-electron chi connectivity index (χ0n) is 9.92. The van der Waals surface area contributed by atoms with Crippen molar-refractivity contribution in [3.8, 4) is 0 Å². The summed E-state index contributed by atoms with van der Waals surface area (Å²) in [6.07, 6.45) is 8.13. The predicted octanol–water partition coefficient (Wildman–Crippen LogP) is 4.22. The highest BCUT2D eigenvalue weighted by molar-refractivity contribution is 6.29. The Hall–Kier alpha value is -0.600. The standard InChI is InChI=1S/C13H20ClNO/c1-2-3-4-5-6-9-16-11-12-7-8-13(14)15-10-12/h7-8,10H,2-6,9,11H2,1H3. The van der Waals surface area contributed by atoms with Gasteiger partial charge in [-0.25, -0.2) is 4.98 Å². The summed E-state index contributed by atoms with van der Waals surface area (Å²) in [7, 11) is 0. The van der Waals surface area contributed by atoms with Gasteiger partial charge in [-0.15, -0.1) is 0 Å². The van der Waals surface area contributed by atoms with E-state index in [0.29, 0.717) is 11.8 Å². The van der Waals surface area contributed by atoms with Crippen LogP contribution >= 0.6 is 11.6 Å². The maximum Gasteiger partial charge on any atom is 0.129 e. The lowest BCUT2D eigenvalue weighted by Crippen LogP contribution is -1.96. The van der Waals surface area contributed by atoms with Crippen molar-refractivity contribution in [2.45, 2.75) is 45.6 Å². The van der Waals surface area contributed by atoms with Crippen molar-refractivity contribution >= 4 is 11.6 Å². The molecular weight excluding hydrogens is 222 g/mol. The highest BCUT2D eigenvalue weighted by Crippen LogP contribution is 2.07. The van der Waals surface area contributed by atoms with Gasteiger partial charge in [0.25, 0.3) is 0 Å². The molecule has 0 aliphatic heterocycles. The van der Waals surface area contributed by atoms with E-state index >= 15 is 0 Å². The van der Waals surface area contributed by atoms with Gasteiger partial charge in [0.1, 0.15) is 5.15 Å². The molecule has 0 radical (unpaired) electrons. The summed E-state index contributed by atoms with van der Waals surface area (Å²) in [5, 5.41) is 0.531. The summed E-state index contributed by atoms with van der Waals surface area (Å²) < 4.78 is 5.56. The highest BCUT2D eigenvalue weighted by atomic mass is 35.5. The number of nitrogens with zero attached hydrogens (tertiary/aromatic N) is 1. The molecule has 1 aromatic heterocycles. The van der Waals surface area contributed by atoms with Gasteiger partial charge in [0.05, 0.1) is 6.61 Å². The minimum absolute atomic E-state index is 0.531. The van der Waals surface area contributed by atoms with Crippen LogP contribution in [0.3, 0.4) is 0 Å². The molecule has 16 heavy (non-hydrogen) atoms. The second kappa shape index (κ2) is 8.54. The maximum atomic E-state index is 5.69. The van der Waals surface area contributed by atoms with Gasteiger partial charge < -0.3 is 4.74 Å². The molecule has 0 atom stereocenters. The van der Waals surface area contributed by atoms with Crippen molar-refractivity contribution in [1.82, 2.24) is 4.98 Å². The Morgan fingerprint density at radius 3 is 2.69 bits per heavy atom. The largest absolute Gasteiger partial charge is 0.377 e. The van der Waals surface area contributed by atoms with E-state index in [1.165, 1.54) is 25.7 Å². The molecular formula is C13H20ClNO. The predicted molar refractivity (Wildman–Crippen MR) is 67.7 cm³/mol. The number of rotatable bonds is 8. The Morgan fingerprint density at radius 1 is 1.19 bits per heavy atom. The number of aromatic nitrogens is 1. The lowest BCUT2D eigenvalue weighted by Gasteiger charge is -2.04. The molecule has 0 fully saturated rings. The molecule has 0 amide bonds. The van der Waals surface area contributed by atoms with Crippen LogP contribution in [0.5, 0.6) is 0 Å². The van der Waals surface area contributed by atoms with E-state index in [0.717, 1.165) is 18.6 Å². The fourth-order valence-electron chi connectivity index (χ4n) is 1.49. The van der Waals surface area contributed by atoms with E-state index in [1.807, 2.05) is 6.07 Å². The van der Waals surface area contributed by atoms with E-state index in [1.54, 1.807) is 12.3 Å². The van der Waals surface area contributed by atoms with Crippen molar-refractivity contribution in [2.75, 3.05) is 6.61 Å². The molecule has 90 valence electrons. The average Bonchev–Trinajstić information content (AvgIpc) is 2.30. The van der Waals surface area contributed by atoms with E-state index in [2.05, 4.69) is 11.9 Å². The monoisotopic (exact) mass is 241 g/mol. The van der Waals surface area contributed by atoms with Crippen LogP contribution in [0, 0.1) is 0 Å². The second-order valence-corrected chi connectivity index (χ2v) is 4.34. The smallest absolute Gasteiger partial charge is 0.129 e. The molecule has 0 unspecified atom stereocenters. The van der Waals surface area contributed by atoms with Gasteiger partial charge >= 0.3 is 0 Å². The summed E-state index contributed by atoms with van der Waals surface area (Å²) in [6.45, 7) is 3.70. The first-order valence-corrected chi connectivity index (χ1v) is 6.39. The lowest BCUT2D eigenvalue weighted by atomic mass is 10.2. The van der Waals surface area contributed by atoms with Gasteiger partial charge in [-0.3, -0.25) is 0 Å². The molecule has 0 saturated heterocycles. The summed E-state index contributed by atoms with van der Waals surface area (Å²) in [4.78, 5) is 4.00. The van der Waals surface area contributed by atoms with Gasteiger partial charge in [-0.1, -0.05) is 50.3 Å². The summed E-state index contributed by atoms with van der Waals surface area (Å²) in [6, 6.07) is 3.74. The van der Waals surface area contributed by atoms with Crippen LogP contribution in [0.25, 0.3) is 0 Å². The minimum atomic E-state index is 0.531. The molecule has 1 aromatic rings. The van der Waals surface area contributed by atoms with Gasteiger partial charge in [0, 0.05) is 12.8 Å². The van der Waals surface area contributed by atoms with Gasteiger partial charge in [0.2, 0.25) is 0 Å². The molecule has 1 heterocycles. The van der Waals surface area contributed by atoms with Crippen LogP contribution in [0.4, 0.5) is 0 Å². The molecule has 2 nitrogen and oxygen atoms in total.